The van der Waals surface area contributed by atoms with Gasteiger partial charge in [0.15, 0.2) is 0 Å². The van der Waals surface area contributed by atoms with Crippen molar-refractivity contribution in [2.45, 2.75) is 6.04 Å². The number of fused-ring (bicyclic) bond motifs is 3. The summed E-state index contributed by atoms with van der Waals surface area (Å²) in [6.07, 6.45) is 0. The van der Waals surface area contributed by atoms with Gasteiger partial charge in [0, 0.05) is 56.5 Å². The molecule has 9 nitrogen and oxygen atoms in total. The molecule has 2 N–H and O–H groups in total. The molecule has 2 amide bonds. The Hall–Kier alpha value is -3.59. The number of aromatic hydroxyl groups is 1. The number of hydrogen-bond donors (Lipinski definition) is 2. The second-order valence-corrected chi connectivity index (χ2v) is 8.32. The topological polar surface area (TPSA) is 111 Å². The Labute approximate surface area is 192 Å². The maximum absolute atomic E-state index is 13.3. The summed E-state index contributed by atoms with van der Waals surface area (Å²) >= 11 is 0. The zero-order valence-electron chi connectivity index (χ0n) is 18.8. The first kappa shape index (κ1) is 24.1. The van der Waals surface area contributed by atoms with Crippen LogP contribution in [0.4, 0.5) is 5.69 Å². The van der Waals surface area contributed by atoms with Crippen molar-refractivity contribution in [2.75, 3.05) is 51.8 Å². The van der Waals surface area contributed by atoms with E-state index in [1.54, 1.807) is 12.1 Å². The summed E-state index contributed by atoms with van der Waals surface area (Å²) in [6, 6.07) is 13.7. The van der Waals surface area contributed by atoms with Crippen molar-refractivity contribution >= 4 is 24.0 Å². The summed E-state index contributed by atoms with van der Waals surface area (Å²) in [4.78, 5) is 40.4. The SMILES string of the molecule is CN(C)c1cccc(C(=O)N2C[C@@H]3COC[C@H](C2)N(C(=O)c2ccc(O)cc2)C3)c1.O=CO. The van der Waals surface area contributed by atoms with Crippen LogP contribution in [0.2, 0.25) is 0 Å². The molecule has 0 saturated carbocycles. The van der Waals surface area contributed by atoms with Gasteiger partial charge in [-0.1, -0.05) is 6.07 Å². The van der Waals surface area contributed by atoms with Gasteiger partial charge in [-0.3, -0.25) is 14.4 Å². The number of carbonyl (C=O) groups excluding carboxylic acids is 2. The molecule has 2 aliphatic rings. The Bertz CT molecular complexity index is 978. The monoisotopic (exact) mass is 455 g/mol. The average molecular weight is 456 g/mol. The highest BCUT2D eigenvalue weighted by molar-refractivity contribution is 5.96. The lowest BCUT2D eigenvalue weighted by Crippen LogP contribution is -2.47. The van der Waals surface area contributed by atoms with E-state index in [1.165, 1.54) is 12.1 Å². The summed E-state index contributed by atoms with van der Waals surface area (Å²) in [7, 11) is 3.90. The van der Waals surface area contributed by atoms with Crippen molar-refractivity contribution in [1.82, 2.24) is 9.80 Å². The molecule has 2 heterocycles. The van der Waals surface area contributed by atoms with Crippen molar-refractivity contribution in [3.63, 3.8) is 0 Å². The summed E-state index contributed by atoms with van der Waals surface area (Å²) in [5, 5.41) is 16.4. The van der Waals surface area contributed by atoms with E-state index in [9.17, 15) is 14.7 Å². The number of nitrogens with zero attached hydrogens (tertiary/aromatic N) is 3. The van der Waals surface area contributed by atoms with Gasteiger partial charge in [0.05, 0.1) is 19.3 Å². The van der Waals surface area contributed by atoms with Gasteiger partial charge < -0.3 is 29.6 Å². The maximum Gasteiger partial charge on any atom is 0.290 e. The number of ether oxygens (including phenoxy) is 1. The van der Waals surface area contributed by atoms with Crippen molar-refractivity contribution in [3.05, 3.63) is 59.7 Å². The number of phenolic OH excluding ortho intramolecular Hbond substituents is 1. The Balaban J connectivity index is 0.000000968. The van der Waals surface area contributed by atoms with Crippen LogP contribution >= 0.6 is 0 Å². The summed E-state index contributed by atoms with van der Waals surface area (Å²) in [6.45, 7) is 2.22. The van der Waals surface area contributed by atoms with E-state index in [2.05, 4.69) is 0 Å². The van der Waals surface area contributed by atoms with Gasteiger partial charge in [-0.15, -0.1) is 0 Å². The predicted octanol–water partition coefficient (Wildman–Crippen LogP) is 1.77. The van der Waals surface area contributed by atoms with Crippen LogP contribution in [0.15, 0.2) is 48.5 Å². The van der Waals surface area contributed by atoms with Gasteiger partial charge in [0.2, 0.25) is 0 Å². The lowest BCUT2D eigenvalue weighted by atomic mass is 10.1. The van der Waals surface area contributed by atoms with E-state index in [4.69, 9.17) is 14.6 Å². The molecule has 2 aliphatic heterocycles. The number of benzene rings is 2. The summed E-state index contributed by atoms with van der Waals surface area (Å²) < 4.78 is 5.80. The largest absolute Gasteiger partial charge is 0.508 e. The Kier molecular flexibility index (Phi) is 7.89. The molecule has 0 aromatic heterocycles. The highest BCUT2D eigenvalue weighted by Gasteiger charge is 2.37. The average Bonchev–Trinajstić information content (AvgIpc) is 3.10. The molecular formula is C24H29N3O6. The third-order valence-electron chi connectivity index (χ3n) is 5.74. The highest BCUT2D eigenvalue weighted by atomic mass is 16.5. The number of carbonyl (C=O) groups is 3. The van der Waals surface area contributed by atoms with Crippen LogP contribution in [-0.2, 0) is 9.53 Å². The van der Waals surface area contributed by atoms with Crippen molar-refractivity contribution in [1.29, 1.82) is 0 Å². The normalized spacial score (nSPS) is 19.6. The van der Waals surface area contributed by atoms with Crippen LogP contribution in [-0.4, -0.2) is 91.3 Å². The van der Waals surface area contributed by atoms with Crippen molar-refractivity contribution < 1.29 is 29.3 Å². The molecule has 0 radical (unpaired) electrons. The smallest absolute Gasteiger partial charge is 0.290 e. The summed E-state index contributed by atoms with van der Waals surface area (Å²) in [5.74, 6) is 0.0645. The van der Waals surface area contributed by atoms with Crippen LogP contribution in [0.5, 0.6) is 5.75 Å². The molecule has 2 aromatic rings. The number of carboxylic acid groups (broad SMARTS) is 1. The minimum Gasteiger partial charge on any atom is -0.508 e. The van der Waals surface area contributed by atoms with Crippen LogP contribution in [0.1, 0.15) is 20.7 Å². The van der Waals surface area contributed by atoms with Crippen molar-refractivity contribution in [2.24, 2.45) is 5.92 Å². The fourth-order valence-corrected chi connectivity index (χ4v) is 4.13. The number of anilines is 1. The maximum atomic E-state index is 13.3. The molecular weight excluding hydrogens is 426 g/mol. The fraction of sp³-hybridized carbons (Fsp3) is 0.375. The molecule has 33 heavy (non-hydrogen) atoms. The first-order valence-corrected chi connectivity index (χ1v) is 10.7. The number of amides is 2. The summed E-state index contributed by atoms with van der Waals surface area (Å²) in [5.41, 5.74) is 2.15. The molecule has 9 heteroatoms. The van der Waals surface area contributed by atoms with E-state index in [0.717, 1.165) is 5.69 Å². The molecule has 4 rings (SSSR count). The molecule has 2 saturated heterocycles. The molecule has 0 unspecified atom stereocenters. The van der Waals surface area contributed by atoms with Gasteiger partial charge in [0.1, 0.15) is 5.75 Å². The van der Waals surface area contributed by atoms with Crippen molar-refractivity contribution in [3.8, 4) is 5.75 Å². The first-order chi connectivity index (χ1) is 15.8. The number of hydrogen-bond acceptors (Lipinski definition) is 6. The van der Waals surface area contributed by atoms with E-state index in [-0.39, 0.29) is 36.0 Å². The molecule has 2 fully saturated rings. The molecule has 2 bridgehead atoms. The van der Waals surface area contributed by atoms with Gasteiger partial charge in [-0.05, 0) is 42.5 Å². The molecule has 176 valence electrons. The van der Waals surface area contributed by atoms with E-state index < -0.39 is 0 Å². The number of phenols is 1. The minimum absolute atomic E-state index is 0.0190. The quantitative estimate of drug-likeness (QED) is 0.679. The fourth-order valence-electron chi connectivity index (χ4n) is 4.13. The Morgan fingerprint density at radius 2 is 1.70 bits per heavy atom. The van der Waals surface area contributed by atoms with E-state index in [0.29, 0.717) is 44.0 Å². The second kappa shape index (κ2) is 10.8. The third-order valence-corrected chi connectivity index (χ3v) is 5.74. The van der Waals surface area contributed by atoms with Crippen LogP contribution in [0, 0.1) is 5.92 Å². The zero-order chi connectivity index (χ0) is 24.0. The molecule has 0 spiro atoms. The third kappa shape index (κ3) is 5.81. The molecule has 2 atom stereocenters. The molecule has 0 aliphatic carbocycles. The van der Waals surface area contributed by atoms with Gasteiger partial charge in [0.25, 0.3) is 18.3 Å². The van der Waals surface area contributed by atoms with Gasteiger partial charge in [-0.25, -0.2) is 0 Å². The minimum atomic E-state index is -0.250. The van der Waals surface area contributed by atoms with Crippen LogP contribution in [0.3, 0.4) is 0 Å². The zero-order valence-corrected chi connectivity index (χ0v) is 18.8. The van der Waals surface area contributed by atoms with E-state index >= 15 is 0 Å². The standard InChI is InChI=1S/C23H27N3O4.CH2O2/c1-24(2)19-5-3-4-18(10-19)22(28)25-11-16-12-26(20(13-25)15-30-14-16)23(29)17-6-8-21(27)9-7-17;2-1-3/h3-10,16,20,27H,11-15H2,1-2H3;1H,(H,2,3)/t16-,20-;/m0./s1. The second-order valence-electron chi connectivity index (χ2n) is 8.32. The van der Waals surface area contributed by atoms with Crippen LogP contribution < -0.4 is 4.90 Å². The Morgan fingerprint density at radius 1 is 1.00 bits per heavy atom. The lowest BCUT2D eigenvalue weighted by Gasteiger charge is -2.31. The lowest BCUT2D eigenvalue weighted by molar-refractivity contribution is -0.122. The number of rotatable bonds is 3. The van der Waals surface area contributed by atoms with Gasteiger partial charge >= 0.3 is 0 Å². The first-order valence-electron chi connectivity index (χ1n) is 10.7. The van der Waals surface area contributed by atoms with Crippen LogP contribution in [0.25, 0.3) is 0 Å². The van der Waals surface area contributed by atoms with E-state index in [1.807, 2.05) is 53.1 Å². The Morgan fingerprint density at radius 3 is 2.36 bits per heavy atom. The molecule has 2 aromatic carbocycles. The predicted molar refractivity (Wildman–Crippen MR) is 123 cm³/mol. The van der Waals surface area contributed by atoms with Gasteiger partial charge in [-0.2, -0.15) is 0 Å². The highest BCUT2D eigenvalue weighted by Crippen LogP contribution is 2.24.